The molecule has 0 aliphatic rings. The van der Waals surface area contributed by atoms with Crippen LogP contribution >= 0.6 is 11.8 Å². The summed E-state index contributed by atoms with van der Waals surface area (Å²) in [5.41, 5.74) is 1.07. The van der Waals surface area contributed by atoms with Crippen molar-refractivity contribution in [2.45, 2.75) is 16.3 Å². The Bertz CT molecular complexity index is 572. The molecule has 1 N–H and O–H groups in total. The Morgan fingerprint density at radius 2 is 1.95 bits per heavy atom. The van der Waals surface area contributed by atoms with Crippen molar-refractivity contribution in [3.63, 3.8) is 0 Å². The Kier molecular flexibility index (Phi) is 4.45. The summed E-state index contributed by atoms with van der Waals surface area (Å²) in [6.07, 6.45) is 0. The van der Waals surface area contributed by atoms with Gasteiger partial charge >= 0.3 is 0 Å². The molecule has 2 rings (SSSR count). The van der Waals surface area contributed by atoms with Crippen LogP contribution in [0.3, 0.4) is 0 Å². The van der Waals surface area contributed by atoms with Gasteiger partial charge < -0.3 is 10.0 Å². The van der Waals surface area contributed by atoms with Gasteiger partial charge in [-0.25, -0.2) is 4.39 Å². The normalized spacial score (nSPS) is 10.9. The molecule has 0 aliphatic carbocycles. The van der Waals surface area contributed by atoms with Crippen LogP contribution in [0.25, 0.3) is 0 Å². The van der Waals surface area contributed by atoms with Crippen LogP contribution in [0.2, 0.25) is 0 Å². The van der Waals surface area contributed by atoms with E-state index in [1.165, 1.54) is 23.9 Å². The SMILES string of the molecule is CN(C)Cc1ccc(F)cc1Sc1cccc(O)c1. The number of rotatable bonds is 4. The van der Waals surface area contributed by atoms with Gasteiger partial charge in [0.15, 0.2) is 0 Å². The highest BCUT2D eigenvalue weighted by atomic mass is 32.2. The average molecular weight is 277 g/mol. The summed E-state index contributed by atoms with van der Waals surface area (Å²) < 4.78 is 13.4. The summed E-state index contributed by atoms with van der Waals surface area (Å²) in [6.45, 7) is 0.751. The molecule has 0 saturated heterocycles. The van der Waals surface area contributed by atoms with Crippen molar-refractivity contribution in [1.29, 1.82) is 0 Å². The number of nitrogens with zero attached hydrogens (tertiary/aromatic N) is 1. The first-order valence-electron chi connectivity index (χ1n) is 5.94. The summed E-state index contributed by atoms with van der Waals surface area (Å²) in [4.78, 5) is 3.81. The summed E-state index contributed by atoms with van der Waals surface area (Å²) in [7, 11) is 3.96. The molecule has 2 aromatic rings. The van der Waals surface area contributed by atoms with Crippen LogP contribution in [0.4, 0.5) is 4.39 Å². The second-order valence-electron chi connectivity index (χ2n) is 4.59. The summed E-state index contributed by atoms with van der Waals surface area (Å²) in [6, 6.07) is 11.8. The maximum absolute atomic E-state index is 13.4. The minimum absolute atomic E-state index is 0.218. The lowest BCUT2D eigenvalue weighted by Gasteiger charge is -2.14. The third-order valence-corrected chi connectivity index (χ3v) is 3.65. The lowest BCUT2D eigenvalue weighted by atomic mass is 10.2. The standard InChI is InChI=1S/C15H16FNOS/c1-17(2)10-11-6-7-12(16)8-15(11)19-14-5-3-4-13(18)9-14/h3-9,18H,10H2,1-2H3. The average Bonchev–Trinajstić information content (AvgIpc) is 2.32. The Balaban J connectivity index is 2.30. The number of hydrogen-bond donors (Lipinski definition) is 1. The molecule has 100 valence electrons. The molecule has 0 heterocycles. The second kappa shape index (κ2) is 6.08. The molecule has 0 atom stereocenters. The predicted molar refractivity (Wildman–Crippen MR) is 76.0 cm³/mol. The highest BCUT2D eigenvalue weighted by molar-refractivity contribution is 7.99. The monoisotopic (exact) mass is 277 g/mol. The van der Waals surface area contributed by atoms with Crippen LogP contribution in [0.5, 0.6) is 5.75 Å². The fraction of sp³-hybridized carbons (Fsp3) is 0.200. The zero-order valence-electron chi connectivity index (χ0n) is 10.9. The zero-order chi connectivity index (χ0) is 13.8. The van der Waals surface area contributed by atoms with Gasteiger partial charge in [-0.1, -0.05) is 23.9 Å². The van der Waals surface area contributed by atoms with Crippen molar-refractivity contribution in [3.8, 4) is 5.75 Å². The predicted octanol–water partition coefficient (Wildman–Crippen LogP) is 3.74. The van der Waals surface area contributed by atoms with Crippen LogP contribution < -0.4 is 0 Å². The first-order chi connectivity index (χ1) is 9.04. The summed E-state index contributed by atoms with van der Waals surface area (Å²) >= 11 is 1.46. The van der Waals surface area contributed by atoms with E-state index < -0.39 is 0 Å². The van der Waals surface area contributed by atoms with Gasteiger partial charge in [0.2, 0.25) is 0 Å². The Labute approximate surface area is 116 Å². The summed E-state index contributed by atoms with van der Waals surface area (Å²) in [5.74, 6) is -0.0271. The number of phenolic OH excluding ortho intramolecular Hbond substituents is 1. The van der Waals surface area contributed by atoms with Gasteiger partial charge in [-0.15, -0.1) is 0 Å². The van der Waals surface area contributed by atoms with E-state index in [-0.39, 0.29) is 11.6 Å². The number of phenols is 1. The lowest BCUT2D eigenvalue weighted by Crippen LogP contribution is -2.11. The fourth-order valence-electron chi connectivity index (χ4n) is 1.77. The third kappa shape index (κ3) is 3.98. The van der Waals surface area contributed by atoms with E-state index in [4.69, 9.17) is 0 Å². The van der Waals surface area contributed by atoms with E-state index in [1.807, 2.05) is 25.1 Å². The van der Waals surface area contributed by atoms with E-state index in [2.05, 4.69) is 0 Å². The molecule has 0 fully saturated rings. The van der Waals surface area contributed by atoms with Crippen molar-refractivity contribution in [2.24, 2.45) is 0 Å². The molecule has 0 radical (unpaired) electrons. The van der Waals surface area contributed by atoms with E-state index in [0.29, 0.717) is 0 Å². The third-order valence-electron chi connectivity index (χ3n) is 2.56. The Morgan fingerprint density at radius 3 is 2.63 bits per heavy atom. The van der Waals surface area contributed by atoms with Crippen molar-refractivity contribution in [2.75, 3.05) is 14.1 Å². The highest BCUT2D eigenvalue weighted by Gasteiger charge is 2.07. The maximum Gasteiger partial charge on any atom is 0.124 e. The van der Waals surface area contributed by atoms with Crippen LogP contribution in [0.1, 0.15) is 5.56 Å². The van der Waals surface area contributed by atoms with E-state index >= 15 is 0 Å². The van der Waals surface area contributed by atoms with Crippen LogP contribution in [-0.2, 0) is 6.54 Å². The van der Waals surface area contributed by atoms with Crippen LogP contribution in [-0.4, -0.2) is 24.1 Å². The molecule has 0 spiro atoms. The molecule has 2 nitrogen and oxygen atoms in total. The van der Waals surface area contributed by atoms with Gasteiger partial charge in [0.1, 0.15) is 11.6 Å². The van der Waals surface area contributed by atoms with Gasteiger partial charge in [0.05, 0.1) is 0 Å². The minimum Gasteiger partial charge on any atom is -0.508 e. The van der Waals surface area contributed by atoms with Gasteiger partial charge in [0.25, 0.3) is 0 Å². The number of hydrogen-bond acceptors (Lipinski definition) is 3. The zero-order valence-corrected chi connectivity index (χ0v) is 11.7. The largest absolute Gasteiger partial charge is 0.508 e. The molecule has 0 bridgehead atoms. The van der Waals surface area contributed by atoms with Crippen LogP contribution in [0, 0.1) is 5.82 Å². The van der Waals surface area contributed by atoms with Gasteiger partial charge in [-0.3, -0.25) is 0 Å². The smallest absolute Gasteiger partial charge is 0.124 e. The molecule has 0 aliphatic heterocycles. The lowest BCUT2D eigenvalue weighted by molar-refractivity contribution is 0.398. The minimum atomic E-state index is -0.245. The van der Waals surface area contributed by atoms with Crippen molar-refractivity contribution >= 4 is 11.8 Å². The topological polar surface area (TPSA) is 23.5 Å². The molecular weight excluding hydrogens is 261 g/mol. The molecule has 0 unspecified atom stereocenters. The second-order valence-corrected chi connectivity index (χ2v) is 5.70. The van der Waals surface area contributed by atoms with Crippen molar-refractivity contribution in [3.05, 3.63) is 53.8 Å². The molecule has 4 heteroatoms. The van der Waals surface area contributed by atoms with Gasteiger partial charge in [-0.05, 0) is 50.0 Å². The first kappa shape index (κ1) is 13.9. The van der Waals surface area contributed by atoms with E-state index in [1.54, 1.807) is 24.3 Å². The Morgan fingerprint density at radius 1 is 1.16 bits per heavy atom. The van der Waals surface area contributed by atoms with E-state index in [0.717, 1.165) is 21.9 Å². The molecule has 0 saturated carbocycles. The molecule has 0 amide bonds. The van der Waals surface area contributed by atoms with Crippen molar-refractivity contribution in [1.82, 2.24) is 4.90 Å². The Hall–Kier alpha value is -1.52. The molecular formula is C15H16FNOS. The first-order valence-corrected chi connectivity index (χ1v) is 6.76. The summed E-state index contributed by atoms with van der Waals surface area (Å²) in [5, 5.41) is 9.46. The quantitative estimate of drug-likeness (QED) is 0.921. The van der Waals surface area contributed by atoms with E-state index in [9.17, 15) is 9.50 Å². The number of benzene rings is 2. The fourth-order valence-corrected chi connectivity index (χ4v) is 2.78. The van der Waals surface area contributed by atoms with Gasteiger partial charge in [-0.2, -0.15) is 0 Å². The molecule has 0 aromatic heterocycles. The molecule has 2 aromatic carbocycles. The highest BCUT2D eigenvalue weighted by Crippen LogP contribution is 2.33. The van der Waals surface area contributed by atoms with Gasteiger partial charge in [0, 0.05) is 16.3 Å². The number of aromatic hydroxyl groups is 1. The number of halogens is 1. The van der Waals surface area contributed by atoms with Crippen LogP contribution in [0.15, 0.2) is 52.3 Å². The van der Waals surface area contributed by atoms with Crippen molar-refractivity contribution < 1.29 is 9.50 Å². The maximum atomic E-state index is 13.4. The molecule has 19 heavy (non-hydrogen) atoms.